The molecule has 0 aromatic heterocycles. The fourth-order valence-electron chi connectivity index (χ4n) is 2.36. The van der Waals surface area contributed by atoms with Crippen molar-refractivity contribution >= 4 is 5.91 Å². The quantitative estimate of drug-likeness (QED) is 0.891. The van der Waals surface area contributed by atoms with Gasteiger partial charge in [0.15, 0.2) is 0 Å². The lowest BCUT2D eigenvalue weighted by Gasteiger charge is -2.38. The molecule has 1 fully saturated rings. The lowest BCUT2D eigenvalue weighted by atomic mass is 9.80. The van der Waals surface area contributed by atoms with Crippen LogP contribution in [0.4, 0.5) is 4.39 Å². The number of carbonyl (C=O) groups is 1. The first-order chi connectivity index (χ1) is 8.95. The largest absolute Gasteiger partial charge is 0.339 e. The lowest BCUT2D eigenvalue weighted by Crippen LogP contribution is -2.44. The molecule has 0 unspecified atom stereocenters. The van der Waals surface area contributed by atoms with Gasteiger partial charge in [0.2, 0.25) is 0 Å². The van der Waals surface area contributed by atoms with E-state index in [0.717, 1.165) is 12.8 Å². The summed E-state index contributed by atoms with van der Waals surface area (Å²) >= 11 is 0. The van der Waals surface area contributed by atoms with E-state index < -0.39 is 0 Å². The Labute approximate surface area is 113 Å². The van der Waals surface area contributed by atoms with Crippen LogP contribution in [0, 0.1) is 18.2 Å². The van der Waals surface area contributed by atoms with Gasteiger partial charge < -0.3 is 10.6 Å². The highest BCUT2D eigenvalue weighted by Crippen LogP contribution is 2.30. The number of halogens is 1. The summed E-state index contributed by atoms with van der Waals surface area (Å²) in [7, 11) is 0. The minimum atomic E-state index is -0.324. The Hall–Kier alpha value is -1.42. The van der Waals surface area contributed by atoms with E-state index in [1.807, 2.05) is 0 Å². The van der Waals surface area contributed by atoms with Crippen LogP contribution in [0.3, 0.4) is 0 Å². The molecule has 1 amide bonds. The molecule has 0 aliphatic carbocycles. The molecule has 1 aromatic carbocycles. The predicted molar refractivity (Wildman–Crippen MR) is 73.4 cm³/mol. The molecule has 1 aliphatic heterocycles. The smallest absolute Gasteiger partial charge is 0.253 e. The van der Waals surface area contributed by atoms with E-state index in [2.05, 4.69) is 6.92 Å². The van der Waals surface area contributed by atoms with Crippen LogP contribution in [0.2, 0.25) is 0 Å². The molecular formula is C15H21FN2O. The van der Waals surface area contributed by atoms with Crippen molar-refractivity contribution in [3.05, 3.63) is 35.1 Å². The Bertz CT molecular complexity index is 479. The molecule has 0 saturated carbocycles. The summed E-state index contributed by atoms with van der Waals surface area (Å²) in [5.74, 6) is -0.410. The van der Waals surface area contributed by atoms with Gasteiger partial charge in [-0.1, -0.05) is 13.0 Å². The topological polar surface area (TPSA) is 46.3 Å². The summed E-state index contributed by atoms with van der Waals surface area (Å²) in [6.45, 7) is 5.88. The van der Waals surface area contributed by atoms with Crippen molar-refractivity contribution in [1.82, 2.24) is 4.90 Å². The van der Waals surface area contributed by atoms with E-state index in [9.17, 15) is 9.18 Å². The molecule has 3 nitrogen and oxygen atoms in total. The summed E-state index contributed by atoms with van der Waals surface area (Å²) in [6.07, 6.45) is 1.81. The Balaban J connectivity index is 2.07. The SMILES string of the molecule is Cc1ccc(C(=O)N2CCC(C)(CN)CC2)cc1F. The van der Waals surface area contributed by atoms with Crippen LogP contribution >= 0.6 is 0 Å². The highest BCUT2D eigenvalue weighted by molar-refractivity contribution is 5.94. The number of likely N-dealkylation sites (tertiary alicyclic amines) is 1. The Morgan fingerprint density at radius 2 is 2.05 bits per heavy atom. The average Bonchev–Trinajstić information content (AvgIpc) is 2.42. The van der Waals surface area contributed by atoms with Crippen molar-refractivity contribution in [2.45, 2.75) is 26.7 Å². The second kappa shape index (κ2) is 5.29. The van der Waals surface area contributed by atoms with Crippen molar-refractivity contribution in [2.24, 2.45) is 11.1 Å². The number of hydrogen-bond acceptors (Lipinski definition) is 2. The van der Waals surface area contributed by atoms with Gasteiger partial charge in [-0.15, -0.1) is 0 Å². The minimum Gasteiger partial charge on any atom is -0.339 e. The van der Waals surface area contributed by atoms with Crippen molar-refractivity contribution < 1.29 is 9.18 Å². The zero-order valence-corrected chi connectivity index (χ0v) is 11.6. The van der Waals surface area contributed by atoms with Gasteiger partial charge in [-0.3, -0.25) is 4.79 Å². The van der Waals surface area contributed by atoms with Crippen molar-refractivity contribution in [1.29, 1.82) is 0 Å². The van der Waals surface area contributed by atoms with E-state index in [4.69, 9.17) is 5.73 Å². The van der Waals surface area contributed by atoms with Gasteiger partial charge in [-0.05, 0) is 49.4 Å². The Morgan fingerprint density at radius 1 is 1.42 bits per heavy atom. The first-order valence-corrected chi connectivity index (χ1v) is 6.71. The molecule has 0 bridgehead atoms. The third kappa shape index (κ3) is 2.95. The van der Waals surface area contributed by atoms with Gasteiger partial charge in [0.25, 0.3) is 5.91 Å². The maximum Gasteiger partial charge on any atom is 0.253 e. The van der Waals surface area contributed by atoms with Gasteiger partial charge in [0, 0.05) is 18.7 Å². The van der Waals surface area contributed by atoms with E-state index >= 15 is 0 Å². The van der Waals surface area contributed by atoms with Crippen molar-refractivity contribution in [3.63, 3.8) is 0 Å². The van der Waals surface area contributed by atoms with Gasteiger partial charge in [-0.2, -0.15) is 0 Å². The molecule has 4 heteroatoms. The molecule has 2 N–H and O–H groups in total. The maximum absolute atomic E-state index is 13.5. The first-order valence-electron chi connectivity index (χ1n) is 6.71. The van der Waals surface area contributed by atoms with E-state index in [1.165, 1.54) is 6.07 Å². The summed E-state index contributed by atoms with van der Waals surface area (Å²) in [6, 6.07) is 4.67. The molecule has 2 rings (SSSR count). The second-order valence-corrected chi connectivity index (χ2v) is 5.77. The molecule has 104 valence electrons. The third-order valence-corrected chi connectivity index (χ3v) is 4.17. The number of rotatable bonds is 2. The van der Waals surface area contributed by atoms with Gasteiger partial charge in [-0.25, -0.2) is 4.39 Å². The van der Waals surface area contributed by atoms with Crippen LogP contribution in [-0.2, 0) is 0 Å². The molecule has 0 spiro atoms. The molecule has 1 aliphatic rings. The predicted octanol–water partition coefficient (Wildman–Crippen LogP) is 2.34. The second-order valence-electron chi connectivity index (χ2n) is 5.77. The van der Waals surface area contributed by atoms with Crippen LogP contribution in [0.5, 0.6) is 0 Å². The number of aryl methyl sites for hydroxylation is 1. The van der Waals surface area contributed by atoms with Crippen LogP contribution in [0.15, 0.2) is 18.2 Å². The first kappa shape index (κ1) is 14.0. The van der Waals surface area contributed by atoms with Gasteiger partial charge in [0.05, 0.1) is 0 Å². The zero-order valence-electron chi connectivity index (χ0n) is 11.6. The van der Waals surface area contributed by atoms with Crippen molar-refractivity contribution in [2.75, 3.05) is 19.6 Å². The molecule has 1 saturated heterocycles. The maximum atomic E-state index is 13.5. The average molecular weight is 264 g/mol. The zero-order chi connectivity index (χ0) is 14.0. The molecule has 0 radical (unpaired) electrons. The highest BCUT2D eigenvalue weighted by Gasteiger charge is 2.31. The van der Waals surface area contributed by atoms with Gasteiger partial charge >= 0.3 is 0 Å². The monoisotopic (exact) mass is 264 g/mol. The number of amides is 1. The van der Waals surface area contributed by atoms with Crippen LogP contribution < -0.4 is 5.73 Å². The minimum absolute atomic E-state index is 0.0852. The Morgan fingerprint density at radius 3 is 2.58 bits per heavy atom. The van der Waals surface area contributed by atoms with Crippen LogP contribution in [-0.4, -0.2) is 30.4 Å². The molecular weight excluding hydrogens is 243 g/mol. The Kier molecular flexibility index (Phi) is 3.90. The fraction of sp³-hybridized carbons (Fsp3) is 0.533. The highest BCUT2D eigenvalue weighted by atomic mass is 19.1. The fourth-order valence-corrected chi connectivity index (χ4v) is 2.36. The van der Waals surface area contributed by atoms with E-state index in [1.54, 1.807) is 24.0 Å². The normalized spacial score (nSPS) is 18.4. The third-order valence-electron chi connectivity index (χ3n) is 4.17. The lowest BCUT2D eigenvalue weighted by molar-refractivity contribution is 0.0617. The number of hydrogen-bond donors (Lipinski definition) is 1. The summed E-state index contributed by atoms with van der Waals surface area (Å²) in [5, 5.41) is 0. The van der Waals surface area contributed by atoms with Crippen LogP contribution in [0.25, 0.3) is 0 Å². The van der Waals surface area contributed by atoms with Gasteiger partial charge in [0.1, 0.15) is 5.82 Å². The summed E-state index contributed by atoms with van der Waals surface area (Å²) < 4.78 is 13.5. The number of benzene rings is 1. The van der Waals surface area contributed by atoms with Crippen molar-refractivity contribution in [3.8, 4) is 0 Å². The summed E-state index contributed by atoms with van der Waals surface area (Å²) in [4.78, 5) is 14.1. The number of nitrogens with zero attached hydrogens (tertiary/aromatic N) is 1. The molecule has 1 aromatic rings. The summed E-state index contributed by atoms with van der Waals surface area (Å²) in [5.41, 5.74) is 6.88. The standard InChI is InChI=1S/C15H21FN2O/c1-11-3-4-12(9-13(11)16)14(19)18-7-5-15(2,10-17)6-8-18/h3-4,9H,5-8,10,17H2,1-2H3. The van der Waals surface area contributed by atoms with E-state index in [-0.39, 0.29) is 17.1 Å². The van der Waals surface area contributed by atoms with E-state index in [0.29, 0.717) is 30.8 Å². The number of nitrogens with two attached hydrogens (primary N) is 1. The molecule has 0 atom stereocenters. The number of carbonyl (C=O) groups excluding carboxylic acids is 1. The van der Waals surface area contributed by atoms with Crippen LogP contribution in [0.1, 0.15) is 35.7 Å². The molecule has 19 heavy (non-hydrogen) atoms. The number of piperidine rings is 1. The molecule has 1 heterocycles.